The van der Waals surface area contributed by atoms with Crippen LogP contribution in [-0.2, 0) is 19.6 Å². The minimum absolute atomic E-state index is 0. The van der Waals surface area contributed by atoms with E-state index in [2.05, 4.69) is 58.3 Å². The molecule has 1 saturated carbocycles. The summed E-state index contributed by atoms with van der Waals surface area (Å²) < 4.78 is 2.24. The minimum Gasteiger partial charge on any atom is -0.356 e. The van der Waals surface area contributed by atoms with Crippen molar-refractivity contribution in [3.8, 4) is 0 Å². The third-order valence-corrected chi connectivity index (χ3v) is 4.98. The molecule has 6 heteroatoms. The van der Waals surface area contributed by atoms with Crippen LogP contribution in [0.4, 0.5) is 5.82 Å². The zero-order valence-electron chi connectivity index (χ0n) is 15.9. The molecule has 0 unspecified atom stereocenters. The van der Waals surface area contributed by atoms with Crippen molar-refractivity contribution >= 4 is 30.6 Å². The smallest absolute Gasteiger partial charge is 0.127 e. The van der Waals surface area contributed by atoms with Crippen LogP contribution in [-0.4, -0.2) is 23.9 Å². The van der Waals surface area contributed by atoms with Gasteiger partial charge in [-0.25, -0.2) is 4.68 Å². The van der Waals surface area contributed by atoms with Crippen molar-refractivity contribution in [1.29, 1.82) is 0 Å². The minimum atomic E-state index is 0. The lowest BCUT2D eigenvalue weighted by Crippen LogP contribution is -2.23. The quantitative estimate of drug-likeness (QED) is 0.735. The van der Waals surface area contributed by atoms with Gasteiger partial charge in [0.25, 0.3) is 0 Å². The number of hydrogen-bond acceptors (Lipinski definition) is 3. The van der Waals surface area contributed by atoms with E-state index in [0.29, 0.717) is 0 Å². The van der Waals surface area contributed by atoms with E-state index in [1.54, 1.807) is 0 Å². The average molecular weight is 399 g/mol. The predicted octanol–water partition coefficient (Wildman–Crippen LogP) is 4.66. The fourth-order valence-corrected chi connectivity index (χ4v) is 3.72. The van der Waals surface area contributed by atoms with Crippen LogP contribution in [0.2, 0.25) is 0 Å². The highest BCUT2D eigenvalue weighted by atomic mass is 35.5. The molecule has 4 nitrogen and oxygen atoms in total. The second-order valence-corrected chi connectivity index (χ2v) is 7.05. The second kappa shape index (κ2) is 11.5. The number of nitrogens with zero attached hydrogens (tertiary/aromatic N) is 3. The predicted molar refractivity (Wildman–Crippen MR) is 115 cm³/mol. The van der Waals surface area contributed by atoms with Gasteiger partial charge >= 0.3 is 0 Å². The van der Waals surface area contributed by atoms with Gasteiger partial charge in [0, 0.05) is 32.7 Å². The van der Waals surface area contributed by atoms with Gasteiger partial charge in [0.05, 0.1) is 5.69 Å². The summed E-state index contributed by atoms with van der Waals surface area (Å²) in [7, 11) is 4.15. The molecule has 26 heavy (non-hydrogen) atoms. The highest BCUT2D eigenvalue weighted by molar-refractivity contribution is 5.85. The Morgan fingerprint density at radius 1 is 1.12 bits per heavy atom. The molecule has 1 N–H and O–H groups in total. The highest BCUT2D eigenvalue weighted by Crippen LogP contribution is 2.27. The molecule has 0 spiro atoms. The Labute approximate surface area is 170 Å². The Morgan fingerprint density at radius 2 is 1.81 bits per heavy atom. The van der Waals surface area contributed by atoms with Crippen LogP contribution in [0.5, 0.6) is 0 Å². The van der Waals surface area contributed by atoms with Crippen LogP contribution >= 0.6 is 24.8 Å². The molecule has 1 aromatic heterocycles. The molecular formula is C20H32Cl2N4. The zero-order valence-corrected chi connectivity index (χ0v) is 17.5. The van der Waals surface area contributed by atoms with Crippen molar-refractivity contribution < 1.29 is 0 Å². The molecular weight excluding hydrogens is 367 g/mol. The van der Waals surface area contributed by atoms with Crippen LogP contribution in [0.15, 0.2) is 36.4 Å². The van der Waals surface area contributed by atoms with Gasteiger partial charge in [-0.2, -0.15) is 5.10 Å². The maximum absolute atomic E-state index is 4.87. The van der Waals surface area contributed by atoms with E-state index >= 15 is 0 Å². The van der Waals surface area contributed by atoms with Crippen LogP contribution < -0.4 is 10.2 Å². The first kappa shape index (κ1) is 22.8. The number of aromatic nitrogens is 2. The van der Waals surface area contributed by atoms with Gasteiger partial charge in [-0.3, -0.25) is 0 Å². The van der Waals surface area contributed by atoms with E-state index in [1.807, 2.05) is 7.05 Å². The van der Waals surface area contributed by atoms with Crippen molar-refractivity contribution in [2.75, 3.05) is 19.0 Å². The van der Waals surface area contributed by atoms with E-state index in [-0.39, 0.29) is 24.8 Å². The average Bonchev–Trinajstić information content (AvgIpc) is 3.00. The first-order valence-corrected chi connectivity index (χ1v) is 9.22. The number of benzene rings is 1. The van der Waals surface area contributed by atoms with Gasteiger partial charge in [0.1, 0.15) is 5.82 Å². The summed E-state index contributed by atoms with van der Waals surface area (Å²) in [4.78, 5) is 2.32. The molecule has 0 aliphatic heterocycles. The van der Waals surface area contributed by atoms with Crippen molar-refractivity contribution in [2.24, 2.45) is 5.92 Å². The molecule has 146 valence electrons. The molecule has 1 aliphatic rings. The summed E-state index contributed by atoms with van der Waals surface area (Å²) >= 11 is 0. The van der Waals surface area contributed by atoms with Gasteiger partial charge in [0.2, 0.25) is 0 Å². The summed E-state index contributed by atoms with van der Waals surface area (Å²) in [6.07, 6.45) is 6.86. The molecule has 1 aromatic carbocycles. The second-order valence-electron chi connectivity index (χ2n) is 7.05. The summed E-state index contributed by atoms with van der Waals surface area (Å²) in [5.41, 5.74) is 2.46. The number of anilines is 1. The van der Waals surface area contributed by atoms with E-state index in [0.717, 1.165) is 31.2 Å². The van der Waals surface area contributed by atoms with Crippen LogP contribution in [0.1, 0.15) is 43.4 Å². The third-order valence-electron chi connectivity index (χ3n) is 4.98. The molecule has 1 aliphatic carbocycles. The first-order chi connectivity index (χ1) is 11.8. The fraction of sp³-hybridized carbons (Fsp3) is 0.550. The highest BCUT2D eigenvalue weighted by Gasteiger charge is 2.18. The van der Waals surface area contributed by atoms with Gasteiger partial charge < -0.3 is 10.2 Å². The van der Waals surface area contributed by atoms with E-state index in [4.69, 9.17) is 5.10 Å². The maximum Gasteiger partial charge on any atom is 0.127 e. The Hall–Kier alpha value is -1.23. The first-order valence-electron chi connectivity index (χ1n) is 9.22. The lowest BCUT2D eigenvalue weighted by Gasteiger charge is -2.25. The van der Waals surface area contributed by atoms with Crippen molar-refractivity contribution in [1.82, 2.24) is 15.1 Å². The number of halogens is 2. The standard InChI is InChI=1S/C20H30N4.2ClH/c1-21-14-19-13-20(23(2)15-17-9-5-3-6-10-17)24(22-19)16-18-11-7-4-8-12-18;;/h3,5-6,9-10,13,18,21H,4,7-8,11-12,14-16H2,1-2H3;2*1H. The molecule has 1 fully saturated rings. The Bertz CT molecular complexity index is 624. The zero-order chi connectivity index (χ0) is 16.8. The summed E-state index contributed by atoms with van der Waals surface area (Å²) in [5, 5.41) is 8.09. The summed E-state index contributed by atoms with van der Waals surface area (Å²) in [5.74, 6) is 2.01. The van der Waals surface area contributed by atoms with E-state index < -0.39 is 0 Å². The SMILES string of the molecule is CNCc1cc(N(C)Cc2ccccc2)n(CC2CCCCC2)n1.Cl.Cl. The molecule has 0 amide bonds. The van der Waals surface area contributed by atoms with E-state index in [9.17, 15) is 0 Å². The molecule has 0 saturated heterocycles. The van der Waals surface area contributed by atoms with Crippen LogP contribution in [0, 0.1) is 5.92 Å². The Kier molecular flexibility index (Phi) is 10.1. The van der Waals surface area contributed by atoms with Gasteiger partial charge in [-0.15, -0.1) is 24.8 Å². The van der Waals surface area contributed by atoms with Crippen molar-refractivity contribution in [3.63, 3.8) is 0 Å². The van der Waals surface area contributed by atoms with E-state index in [1.165, 1.54) is 43.5 Å². The molecule has 0 atom stereocenters. The van der Waals surface area contributed by atoms with Crippen LogP contribution in [0.3, 0.4) is 0 Å². The molecule has 0 radical (unpaired) electrons. The topological polar surface area (TPSA) is 33.1 Å². The number of hydrogen-bond donors (Lipinski definition) is 1. The number of nitrogens with one attached hydrogen (secondary N) is 1. The largest absolute Gasteiger partial charge is 0.356 e. The lowest BCUT2D eigenvalue weighted by molar-refractivity contribution is 0.308. The lowest BCUT2D eigenvalue weighted by atomic mass is 9.89. The third kappa shape index (κ3) is 6.19. The van der Waals surface area contributed by atoms with Crippen molar-refractivity contribution in [2.45, 2.75) is 51.7 Å². The fourth-order valence-electron chi connectivity index (χ4n) is 3.72. The van der Waals surface area contributed by atoms with Gasteiger partial charge in [-0.1, -0.05) is 49.6 Å². The Balaban J connectivity index is 0.00000169. The van der Waals surface area contributed by atoms with Crippen molar-refractivity contribution in [3.05, 3.63) is 47.7 Å². The summed E-state index contributed by atoms with van der Waals surface area (Å²) in [6.45, 7) is 2.79. The van der Waals surface area contributed by atoms with Gasteiger partial charge in [0.15, 0.2) is 0 Å². The molecule has 0 bridgehead atoms. The molecule has 2 aromatic rings. The molecule has 1 heterocycles. The van der Waals surface area contributed by atoms with Crippen LogP contribution in [0.25, 0.3) is 0 Å². The maximum atomic E-state index is 4.87. The monoisotopic (exact) mass is 398 g/mol. The summed E-state index contributed by atoms with van der Waals surface area (Å²) in [6, 6.07) is 12.9. The molecule has 3 rings (SSSR count). The Morgan fingerprint density at radius 3 is 2.46 bits per heavy atom. The van der Waals surface area contributed by atoms with Gasteiger partial charge in [-0.05, 0) is 31.4 Å². The number of rotatable bonds is 7. The normalized spacial score (nSPS) is 14.4.